The summed E-state index contributed by atoms with van der Waals surface area (Å²) in [7, 11) is 5.36. The van der Waals surface area contributed by atoms with Crippen molar-refractivity contribution >= 4 is 21.9 Å². The van der Waals surface area contributed by atoms with Gasteiger partial charge in [-0.25, -0.2) is 0 Å². The lowest BCUT2D eigenvalue weighted by atomic mass is 9.79. The van der Waals surface area contributed by atoms with E-state index < -0.39 is 5.41 Å². The van der Waals surface area contributed by atoms with Gasteiger partial charge in [0.15, 0.2) is 0 Å². The van der Waals surface area contributed by atoms with Crippen LogP contribution in [0.5, 0.6) is 0 Å². The SMILES string of the molecule is COC(=O)C(C)(C)C(c1ccccc1Br)N(C)C. The second-order valence-electron chi connectivity index (χ2n) is 5.10. The fourth-order valence-corrected chi connectivity index (χ4v) is 2.89. The Balaban J connectivity index is 3.28. The zero-order valence-electron chi connectivity index (χ0n) is 11.5. The number of hydrogen-bond donors (Lipinski definition) is 0. The summed E-state index contributed by atoms with van der Waals surface area (Å²) in [5, 5.41) is 0. The van der Waals surface area contributed by atoms with E-state index in [-0.39, 0.29) is 12.0 Å². The lowest BCUT2D eigenvalue weighted by molar-refractivity contribution is -0.154. The van der Waals surface area contributed by atoms with E-state index in [0.29, 0.717) is 0 Å². The molecule has 4 heteroatoms. The Morgan fingerprint density at radius 3 is 2.33 bits per heavy atom. The largest absolute Gasteiger partial charge is 0.469 e. The fourth-order valence-electron chi connectivity index (χ4n) is 2.38. The quantitative estimate of drug-likeness (QED) is 0.799. The predicted octanol–water partition coefficient (Wildman–Crippen LogP) is 3.25. The van der Waals surface area contributed by atoms with E-state index in [1.807, 2.05) is 57.1 Å². The zero-order chi connectivity index (χ0) is 13.9. The van der Waals surface area contributed by atoms with Crippen LogP contribution in [0.25, 0.3) is 0 Å². The molecule has 0 saturated heterocycles. The molecule has 0 spiro atoms. The Morgan fingerprint density at radius 2 is 1.89 bits per heavy atom. The highest BCUT2D eigenvalue weighted by Crippen LogP contribution is 2.40. The van der Waals surface area contributed by atoms with Crippen molar-refractivity contribution in [2.75, 3.05) is 21.2 Å². The average molecular weight is 314 g/mol. The molecule has 3 nitrogen and oxygen atoms in total. The van der Waals surface area contributed by atoms with Gasteiger partial charge in [0.25, 0.3) is 0 Å². The van der Waals surface area contributed by atoms with E-state index in [4.69, 9.17) is 4.74 Å². The van der Waals surface area contributed by atoms with Gasteiger partial charge in [0.2, 0.25) is 0 Å². The number of hydrogen-bond acceptors (Lipinski definition) is 3. The topological polar surface area (TPSA) is 29.5 Å². The van der Waals surface area contributed by atoms with Crippen LogP contribution >= 0.6 is 15.9 Å². The monoisotopic (exact) mass is 313 g/mol. The molecule has 1 aromatic carbocycles. The maximum atomic E-state index is 12.0. The Labute approximate surface area is 117 Å². The third-order valence-electron chi connectivity index (χ3n) is 3.11. The van der Waals surface area contributed by atoms with Gasteiger partial charge >= 0.3 is 5.97 Å². The molecule has 0 aliphatic heterocycles. The highest BCUT2D eigenvalue weighted by atomic mass is 79.9. The van der Waals surface area contributed by atoms with Gasteiger partial charge < -0.3 is 9.64 Å². The van der Waals surface area contributed by atoms with E-state index in [9.17, 15) is 4.79 Å². The van der Waals surface area contributed by atoms with E-state index >= 15 is 0 Å². The number of halogens is 1. The van der Waals surface area contributed by atoms with Crippen LogP contribution < -0.4 is 0 Å². The summed E-state index contributed by atoms with van der Waals surface area (Å²) in [5.41, 5.74) is 0.458. The smallest absolute Gasteiger partial charge is 0.313 e. The highest BCUT2D eigenvalue weighted by Gasteiger charge is 2.40. The van der Waals surface area contributed by atoms with Crippen molar-refractivity contribution in [2.24, 2.45) is 5.41 Å². The lowest BCUT2D eigenvalue weighted by Gasteiger charge is -2.37. The normalized spacial score (nSPS) is 13.5. The number of methoxy groups -OCH3 is 1. The van der Waals surface area contributed by atoms with Crippen LogP contribution in [-0.2, 0) is 9.53 Å². The van der Waals surface area contributed by atoms with Gasteiger partial charge in [0.05, 0.1) is 18.6 Å². The van der Waals surface area contributed by atoms with Crippen LogP contribution in [0.15, 0.2) is 28.7 Å². The molecule has 0 bridgehead atoms. The number of carbonyl (C=O) groups excluding carboxylic acids is 1. The minimum atomic E-state index is -0.623. The molecule has 0 aliphatic carbocycles. The number of esters is 1. The summed E-state index contributed by atoms with van der Waals surface area (Å²) in [6.07, 6.45) is 0. The summed E-state index contributed by atoms with van der Waals surface area (Å²) >= 11 is 3.55. The predicted molar refractivity (Wildman–Crippen MR) is 76.4 cm³/mol. The van der Waals surface area contributed by atoms with Gasteiger partial charge in [-0.3, -0.25) is 4.79 Å². The average Bonchev–Trinajstić information content (AvgIpc) is 2.30. The van der Waals surface area contributed by atoms with Crippen molar-refractivity contribution in [3.05, 3.63) is 34.3 Å². The first kappa shape index (κ1) is 15.2. The second-order valence-corrected chi connectivity index (χ2v) is 5.96. The molecular weight excluding hydrogens is 294 g/mol. The molecular formula is C14H20BrNO2. The van der Waals surface area contributed by atoms with Crippen LogP contribution in [0.3, 0.4) is 0 Å². The minimum absolute atomic E-state index is 0.0551. The summed E-state index contributed by atoms with van der Waals surface area (Å²) in [4.78, 5) is 14.0. The molecule has 0 saturated carbocycles. The molecule has 0 N–H and O–H groups in total. The molecule has 18 heavy (non-hydrogen) atoms. The third kappa shape index (κ3) is 2.93. The molecule has 1 atom stereocenters. The summed E-state index contributed by atoms with van der Waals surface area (Å²) < 4.78 is 5.93. The maximum absolute atomic E-state index is 12.0. The zero-order valence-corrected chi connectivity index (χ0v) is 13.1. The van der Waals surface area contributed by atoms with Crippen molar-refractivity contribution in [1.82, 2.24) is 4.90 Å². The Bertz CT molecular complexity index is 430. The van der Waals surface area contributed by atoms with Crippen LogP contribution in [0.1, 0.15) is 25.5 Å². The highest BCUT2D eigenvalue weighted by molar-refractivity contribution is 9.10. The molecule has 0 amide bonds. The first-order valence-corrected chi connectivity index (χ1v) is 6.61. The van der Waals surface area contributed by atoms with Gasteiger partial charge in [0, 0.05) is 4.47 Å². The molecule has 0 fully saturated rings. The van der Waals surface area contributed by atoms with Crippen molar-refractivity contribution in [3.63, 3.8) is 0 Å². The van der Waals surface area contributed by atoms with E-state index in [1.165, 1.54) is 7.11 Å². The van der Waals surface area contributed by atoms with Gasteiger partial charge in [-0.1, -0.05) is 34.1 Å². The first-order chi connectivity index (χ1) is 8.32. The Hall–Kier alpha value is -0.870. The summed E-state index contributed by atoms with van der Waals surface area (Å²) in [6.45, 7) is 3.81. The van der Waals surface area contributed by atoms with Crippen molar-refractivity contribution in [2.45, 2.75) is 19.9 Å². The molecule has 1 rings (SSSR count). The van der Waals surface area contributed by atoms with Gasteiger partial charge in [-0.2, -0.15) is 0 Å². The van der Waals surface area contributed by atoms with E-state index in [1.54, 1.807) is 0 Å². The summed E-state index contributed by atoms with van der Waals surface area (Å²) in [5.74, 6) is -0.211. The first-order valence-electron chi connectivity index (χ1n) is 5.81. The lowest BCUT2D eigenvalue weighted by Crippen LogP contribution is -2.40. The molecule has 1 unspecified atom stereocenters. The molecule has 0 radical (unpaired) electrons. The number of rotatable bonds is 4. The van der Waals surface area contributed by atoms with Crippen LogP contribution in [0, 0.1) is 5.41 Å². The van der Waals surface area contributed by atoms with E-state index in [2.05, 4.69) is 15.9 Å². The minimum Gasteiger partial charge on any atom is -0.469 e. The summed E-state index contributed by atoms with van der Waals surface area (Å²) in [6, 6.07) is 7.90. The fraction of sp³-hybridized carbons (Fsp3) is 0.500. The second kappa shape index (κ2) is 5.85. The van der Waals surface area contributed by atoms with Crippen LogP contribution in [-0.4, -0.2) is 32.1 Å². The number of benzene rings is 1. The molecule has 0 aliphatic rings. The molecule has 1 aromatic rings. The third-order valence-corrected chi connectivity index (χ3v) is 3.83. The molecule has 100 valence electrons. The van der Waals surface area contributed by atoms with Crippen LogP contribution in [0.4, 0.5) is 0 Å². The number of nitrogens with zero attached hydrogens (tertiary/aromatic N) is 1. The number of carbonyl (C=O) groups is 1. The van der Waals surface area contributed by atoms with Gasteiger partial charge in [-0.05, 0) is 39.6 Å². The van der Waals surface area contributed by atoms with E-state index in [0.717, 1.165) is 10.0 Å². The van der Waals surface area contributed by atoms with Crippen molar-refractivity contribution in [1.29, 1.82) is 0 Å². The maximum Gasteiger partial charge on any atom is 0.313 e. The van der Waals surface area contributed by atoms with Gasteiger partial charge in [0.1, 0.15) is 0 Å². The van der Waals surface area contributed by atoms with Gasteiger partial charge in [-0.15, -0.1) is 0 Å². The number of ether oxygens (including phenoxy) is 1. The van der Waals surface area contributed by atoms with Crippen molar-refractivity contribution in [3.8, 4) is 0 Å². The van der Waals surface area contributed by atoms with Crippen LogP contribution in [0.2, 0.25) is 0 Å². The Kier molecular flexibility index (Phi) is 4.93. The van der Waals surface area contributed by atoms with Crippen molar-refractivity contribution < 1.29 is 9.53 Å². The Morgan fingerprint density at radius 1 is 1.33 bits per heavy atom. The standard InChI is InChI=1S/C14H20BrNO2/c1-14(2,13(17)18-5)12(16(3)4)10-8-6-7-9-11(10)15/h6-9,12H,1-5H3. The molecule has 0 heterocycles. The molecule has 0 aromatic heterocycles.